The van der Waals surface area contributed by atoms with Crippen molar-refractivity contribution in [3.63, 3.8) is 0 Å². The summed E-state index contributed by atoms with van der Waals surface area (Å²) < 4.78 is 5.19. The second kappa shape index (κ2) is 6.38. The highest BCUT2D eigenvalue weighted by molar-refractivity contribution is 5.83. The van der Waals surface area contributed by atoms with E-state index in [1.165, 1.54) is 0 Å². The molecule has 1 aromatic heterocycles. The minimum Gasteiger partial charge on any atom is -0.383 e. The van der Waals surface area contributed by atoms with Crippen molar-refractivity contribution in [3.05, 3.63) is 40.7 Å². The summed E-state index contributed by atoms with van der Waals surface area (Å²) in [5.41, 5.74) is -0.0618. The third-order valence-corrected chi connectivity index (χ3v) is 3.12. The van der Waals surface area contributed by atoms with Gasteiger partial charge in [0, 0.05) is 12.5 Å². The molecule has 19 heavy (non-hydrogen) atoms. The molecule has 4 nitrogen and oxygen atoms in total. The number of hydrogen-bond donors (Lipinski definition) is 2. The zero-order chi connectivity index (χ0) is 13.7. The Balaban J connectivity index is 2.27. The first-order chi connectivity index (χ1) is 9.24. The van der Waals surface area contributed by atoms with E-state index in [0.717, 1.165) is 24.0 Å². The average molecular weight is 260 g/mol. The number of H-pyrrole nitrogens is 1. The van der Waals surface area contributed by atoms with Crippen LogP contribution in [0.3, 0.4) is 0 Å². The molecule has 0 fully saturated rings. The molecule has 2 rings (SSSR count). The molecule has 0 radical (unpaired) electrons. The second-order valence-corrected chi connectivity index (χ2v) is 4.68. The molecular weight excluding hydrogens is 240 g/mol. The molecule has 1 aromatic carbocycles. The van der Waals surface area contributed by atoms with Gasteiger partial charge in [-0.1, -0.05) is 31.5 Å². The van der Waals surface area contributed by atoms with E-state index >= 15 is 0 Å². The number of benzene rings is 1. The Hall–Kier alpha value is -1.81. The summed E-state index contributed by atoms with van der Waals surface area (Å²) in [7, 11) is 1.69. The Labute approximate surface area is 112 Å². The maximum atomic E-state index is 12.0. The molecule has 1 heterocycles. The van der Waals surface area contributed by atoms with Gasteiger partial charge in [0.15, 0.2) is 0 Å². The van der Waals surface area contributed by atoms with Crippen molar-refractivity contribution in [2.45, 2.75) is 25.8 Å². The van der Waals surface area contributed by atoms with E-state index in [1.54, 1.807) is 7.11 Å². The van der Waals surface area contributed by atoms with E-state index < -0.39 is 0 Å². The average Bonchev–Trinajstić information content (AvgIpc) is 2.39. The van der Waals surface area contributed by atoms with E-state index in [9.17, 15) is 4.79 Å². The maximum Gasteiger partial charge on any atom is 0.257 e. The number of pyridine rings is 1. The Morgan fingerprint density at radius 1 is 1.37 bits per heavy atom. The smallest absolute Gasteiger partial charge is 0.257 e. The first kappa shape index (κ1) is 13.6. The molecule has 0 bridgehead atoms. The molecule has 0 aliphatic heterocycles. The van der Waals surface area contributed by atoms with Gasteiger partial charge < -0.3 is 15.0 Å². The van der Waals surface area contributed by atoms with Gasteiger partial charge >= 0.3 is 0 Å². The first-order valence-corrected chi connectivity index (χ1v) is 6.62. The molecule has 0 spiro atoms. The van der Waals surface area contributed by atoms with Crippen molar-refractivity contribution >= 4 is 16.6 Å². The molecule has 1 unspecified atom stereocenters. The highest BCUT2D eigenvalue weighted by Crippen LogP contribution is 2.14. The number of aromatic amines is 1. The van der Waals surface area contributed by atoms with Crippen molar-refractivity contribution < 1.29 is 4.74 Å². The van der Waals surface area contributed by atoms with Gasteiger partial charge in [-0.05, 0) is 23.9 Å². The highest BCUT2D eigenvalue weighted by Gasteiger charge is 2.08. The molecule has 0 aliphatic carbocycles. The van der Waals surface area contributed by atoms with Crippen LogP contribution in [0.2, 0.25) is 0 Å². The standard InChI is InChI=1S/C15H20N2O2/c1-3-6-12(10-19-2)16-14-9-11-7-4-5-8-13(11)15(18)17-14/h4-5,7-9,12H,3,6,10H2,1-2H3,(H2,16,17,18). The summed E-state index contributed by atoms with van der Waals surface area (Å²) in [6.07, 6.45) is 2.07. The number of ether oxygens (including phenoxy) is 1. The lowest BCUT2D eigenvalue weighted by Gasteiger charge is -2.18. The Morgan fingerprint density at radius 3 is 2.89 bits per heavy atom. The zero-order valence-corrected chi connectivity index (χ0v) is 11.4. The molecule has 1 atom stereocenters. The van der Waals surface area contributed by atoms with Crippen LogP contribution >= 0.6 is 0 Å². The van der Waals surface area contributed by atoms with Crippen molar-refractivity contribution in [2.75, 3.05) is 19.0 Å². The number of anilines is 1. The number of rotatable bonds is 6. The fraction of sp³-hybridized carbons (Fsp3) is 0.400. The van der Waals surface area contributed by atoms with Gasteiger partial charge in [0.05, 0.1) is 12.6 Å². The van der Waals surface area contributed by atoms with Crippen molar-refractivity contribution in [3.8, 4) is 0 Å². The third-order valence-electron chi connectivity index (χ3n) is 3.12. The summed E-state index contributed by atoms with van der Waals surface area (Å²) in [5.74, 6) is 0.749. The molecule has 0 aliphatic rings. The Morgan fingerprint density at radius 2 is 2.16 bits per heavy atom. The SMILES string of the molecule is CCCC(COC)Nc1cc2ccccc2c(=O)[nH]1. The molecular formula is C15H20N2O2. The normalized spacial score (nSPS) is 12.5. The third kappa shape index (κ3) is 3.35. The summed E-state index contributed by atoms with van der Waals surface area (Å²) in [5, 5.41) is 4.99. The number of fused-ring (bicyclic) bond motifs is 1. The number of methoxy groups -OCH3 is 1. The lowest BCUT2D eigenvalue weighted by Crippen LogP contribution is -2.26. The molecule has 2 N–H and O–H groups in total. The van der Waals surface area contributed by atoms with Crippen molar-refractivity contribution in [2.24, 2.45) is 0 Å². The van der Waals surface area contributed by atoms with Gasteiger partial charge in [-0.2, -0.15) is 0 Å². The lowest BCUT2D eigenvalue weighted by atomic mass is 10.1. The molecule has 4 heteroatoms. The molecule has 0 saturated carbocycles. The van der Waals surface area contributed by atoms with Crippen LogP contribution in [0.1, 0.15) is 19.8 Å². The first-order valence-electron chi connectivity index (χ1n) is 6.62. The maximum absolute atomic E-state index is 12.0. The van der Waals surface area contributed by atoms with Crippen molar-refractivity contribution in [1.82, 2.24) is 4.98 Å². The van der Waals surface area contributed by atoms with Crippen LogP contribution in [0, 0.1) is 0 Å². The summed E-state index contributed by atoms with van der Waals surface area (Å²) in [6, 6.07) is 9.76. The predicted octanol–water partition coefficient (Wildman–Crippen LogP) is 2.76. The Kier molecular flexibility index (Phi) is 4.58. The quantitative estimate of drug-likeness (QED) is 0.839. The Bertz CT molecular complexity index is 586. The fourth-order valence-corrected chi connectivity index (χ4v) is 2.26. The van der Waals surface area contributed by atoms with Crippen LogP contribution in [0.15, 0.2) is 35.1 Å². The van der Waals surface area contributed by atoms with Crippen LogP contribution in [-0.2, 0) is 4.74 Å². The second-order valence-electron chi connectivity index (χ2n) is 4.68. The van der Waals surface area contributed by atoms with Gasteiger partial charge in [0.25, 0.3) is 5.56 Å². The minimum atomic E-state index is -0.0618. The van der Waals surface area contributed by atoms with Crippen LogP contribution in [-0.4, -0.2) is 24.7 Å². The van der Waals surface area contributed by atoms with E-state index in [2.05, 4.69) is 17.2 Å². The minimum absolute atomic E-state index is 0.0618. The van der Waals surface area contributed by atoms with Crippen LogP contribution in [0.5, 0.6) is 0 Å². The van der Waals surface area contributed by atoms with Gasteiger partial charge in [-0.15, -0.1) is 0 Å². The highest BCUT2D eigenvalue weighted by atomic mass is 16.5. The number of aromatic nitrogens is 1. The summed E-state index contributed by atoms with van der Waals surface area (Å²) >= 11 is 0. The largest absolute Gasteiger partial charge is 0.383 e. The predicted molar refractivity (Wildman–Crippen MR) is 78.8 cm³/mol. The topological polar surface area (TPSA) is 54.1 Å². The number of nitrogens with one attached hydrogen (secondary N) is 2. The van der Waals surface area contributed by atoms with Crippen LogP contribution < -0.4 is 10.9 Å². The van der Waals surface area contributed by atoms with E-state index in [-0.39, 0.29) is 11.6 Å². The van der Waals surface area contributed by atoms with E-state index in [0.29, 0.717) is 12.0 Å². The monoisotopic (exact) mass is 260 g/mol. The van der Waals surface area contributed by atoms with E-state index in [1.807, 2.05) is 30.3 Å². The molecule has 0 saturated heterocycles. The summed E-state index contributed by atoms with van der Waals surface area (Å²) in [4.78, 5) is 14.8. The molecule has 0 amide bonds. The summed E-state index contributed by atoms with van der Waals surface area (Å²) in [6.45, 7) is 2.76. The van der Waals surface area contributed by atoms with Gasteiger partial charge in [-0.25, -0.2) is 0 Å². The lowest BCUT2D eigenvalue weighted by molar-refractivity contribution is 0.182. The van der Waals surface area contributed by atoms with Gasteiger partial charge in [0.1, 0.15) is 5.82 Å². The van der Waals surface area contributed by atoms with Crippen molar-refractivity contribution in [1.29, 1.82) is 0 Å². The zero-order valence-electron chi connectivity index (χ0n) is 11.4. The van der Waals surface area contributed by atoms with Gasteiger partial charge in [0.2, 0.25) is 0 Å². The number of hydrogen-bond acceptors (Lipinski definition) is 3. The van der Waals surface area contributed by atoms with E-state index in [4.69, 9.17) is 4.74 Å². The fourth-order valence-electron chi connectivity index (χ4n) is 2.26. The van der Waals surface area contributed by atoms with Crippen LogP contribution in [0.25, 0.3) is 10.8 Å². The van der Waals surface area contributed by atoms with Crippen LogP contribution in [0.4, 0.5) is 5.82 Å². The molecule has 2 aromatic rings. The van der Waals surface area contributed by atoms with Gasteiger partial charge in [-0.3, -0.25) is 4.79 Å². The molecule has 102 valence electrons.